The first-order chi connectivity index (χ1) is 14.0. The molecule has 0 bridgehead atoms. The number of hydrogen-bond donors (Lipinski definition) is 2. The van der Waals surface area contributed by atoms with Crippen molar-refractivity contribution in [2.45, 2.75) is 30.2 Å². The van der Waals surface area contributed by atoms with Gasteiger partial charge in [0, 0.05) is 11.3 Å². The molecule has 1 amide bonds. The average molecular weight is 407 g/mol. The number of amides is 1. The number of anilines is 1. The van der Waals surface area contributed by atoms with Crippen LogP contribution in [0.1, 0.15) is 40.4 Å². The zero-order valence-corrected chi connectivity index (χ0v) is 16.7. The topological polar surface area (TPSA) is 75.3 Å². The maximum Gasteiger partial charge on any atom is 0.261 e. The molecule has 4 rings (SSSR count). The third kappa shape index (κ3) is 4.32. The first-order valence-corrected chi connectivity index (χ1v) is 11.1. The van der Waals surface area contributed by atoms with Gasteiger partial charge in [-0.15, -0.1) is 0 Å². The van der Waals surface area contributed by atoms with E-state index in [4.69, 9.17) is 0 Å². The Bertz CT molecular complexity index is 1110. The van der Waals surface area contributed by atoms with Crippen LogP contribution in [0.2, 0.25) is 0 Å². The van der Waals surface area contributed by atoms with E-state index in [2.05, 4.69) is 22.2 Å². The fraction of sp³-hybridized carbons (Fsp3) is 0.174. The molecule has 148 valence electrons. The zero-order valence-electron chi connectivity index (χ0n) is 15.8. The van der Waals surface area contributed by atoms with Gasteiger partial charge in [0.05, 0.1) is 10.9 Å². The minimum atomic E-state index is -3.70. The summed E-state index contributed by atoms with van der Waals surface area (Å²) in [7, 11) is -3.70. The van der Waals surface area contributed by atoms with Gasteiger partial charge in [0.25, 0.3) is 15.9 Å². The fourth-order valence-electron chi connectivity index (χ4n) is 3.65. The summed E-state index contributed by atoms with van der Waals surface area (Å²) >= 11 is 0. The molecule has 0 fully saturated rings. The minimum Gasteiger partial charge on any atom is -0.345 e. The molecule has 0 heterocycles. The lowest BCUT2D eigenvalue weighted by Gasteiger charge is -2.26. The summed E-state index contributed by atoms with van der Waals surface area (Å²) in [5, 5.41) is 3.09. The number of para-hydroxylation sites is 1. The number of hydrogen-bond acceptors (Lipinski definition) is 3. The molecule has 0 aromatic heterocycles. The molecular weight excluding hydrogens is 384 g/mol. The highest BCUT2D eigenvalue weighted by molar-refractivity contribution is 7.92. The number of sulfonamides is 1. The molecule has 5 nitrogen and oxygen atoms in total. The predicted molar refractivity (Wildman–Crippen MR) is 113 cm³/mol. The molecule has 1 atom stereocenters. The molecule has 3 aromatic carbocycles. The predicted octanol–water partition coefficient (Wildman–Crippen LogP) is 4.29. The van der Waals surface area contributed by atoms with E-state index in [1.807, 2.05) is 18.2 Å². The van der Waals surface area contributed by atoms with Gasteiger partial charge in [0.1, 0.15) is 0 Å². The Morgan fingerprint density at radius 1 is 0.862 bits per heavy atom. The highest BCUT2D eigenvalue weighted by atomic mass is 32.2. The van der Waals surface area contributed by atoms with Crippen LogP contribution < -0.4 is 10.0 Å². The van der Waals surface area contributed by atoms with Gasteiger partial charge < -0.3 is 5.32 Å². The molecule has 1 aliphatic carbocycles. The Morgan fingerprint density at radius 3 is 2.31 bits per heavy atom. The quantitative estimate of drug-likeness (QED) is 0.664. The molecule has 1 aliphatic rings. The van der Waals surface area contributed by atoms with Crippen molar-refractivity contribution >= 4 is 21.6 Å². The summed E-state index contributed by atoms with van der Waals surface area (Å²) in [5.41, 5.74) is 3.37. The number of benzene rings is 3. The Balaban J connectivity index is 1.47. The first kappa shape index (κ1) is 19.2. The number of aryl methyl sites for hydroxylation is 1. The lowest BCUT2D eigenvalue weighted by molar-refractivity contribution is 0.0932. The lowest BCUT2D eigenvalue weighted by Crippen LogP contribution is -2.31. The van der Waals surface area contributed by atoms with Crippen LogP contribution in [0, 0.1) is 0 Å². The molecule has 0 radical (unpaired) electrons. The molecule has 2 N–H and O–H groups in total. The normalized spacial score (nSPS) is 15.9. The number of rotatable bonds is 5. The second kappa shape index (κ2) is 8.09. The van der Waals surface area contributed by atoms with Gasteiger partial charge in [-0.05, 0) is 66.8 Å². The zero-order chi connectivity index (χ0) is 20.3. The van der Waals surface area contributed by atoms with Crippen LogP contribution >= 0.6 is 0 Å². The van der Waals surface area contributed by atoms with Crippen LogP contribution in [0.15, 0.2) is 83.8 Å². The first-order valence-electron chi connectivity index (χ1n) is 9.59. The lowest BCUT2D eigenvalue weighted by atomic mass is 9.87. The molecule has 0 saturated heterocycles. The summed E-state index contributed by atoms with van der Waals surface area (Å²) in [6.45, 7) is 0. The van der Waals surface area contributed by atoms with E-state index >= 15 is 0 Å². The molecule has 0 saturated carbocycles. The van der Waals surface area contributed by atoms with E-state index in [0.29, 0.717) is 11.3 Å². The van der Waals surface area contributed by atoms with Gasteiger partial charge in [-0.1, -0.05) is 42.5 Å². The molecule has 3 aromatic rings. The molecule has 29 heavy (non-hydrogen) atoms. The van der Waals surface area contributed by atoms with Crippen molar-refractivity contribution < 1.29 is 13.2 Å². The van der Waals surface area contributed by atoms with Crippen LogP contribution in [0.3, 0.4) is 0 Å². The molecular formula is C23H22N2O3S. The summed E-state index contributed by atoms with van der Waals surface area (Å²) < 4.78 is 27.6. The van der Waals surface area contributed by atoms with Crippen molar-refractivity contribution in [2.24, 2.45) is 0 Å². The number of carbonyl (C=O) groups is 1. The van der Waals surface area contributed by atoms with Crippen LogP contribution in [0.4, 0.5) is 5.69 Å². The van der Waals surface area contributed by atoms with Crippen LogP contribution in [-0.4, -0.2) is 14.3 Å². The third-order valence-electron chi connectivity index (χ3n) is 5.13. The van der Waals surface area contributed by atoms with Crippen molar-refractivity contribution in [3.8, 4) is 0 Å². The summed E-state index contributed by atoms with van der Waals surface area (Å²) in [4.78, 5) is 12.8. The highest BCUT2D eigenvalue weighted by Crippen LogP contribution is 2.29. The maximum atomic E-state index is 12.7. The van der Waals surface area contributed by atoms with Gasteiger partial charge in [0.15, 0.2) is 0 Å². The molecule has 1 unspecified atom stereocenters. The second-order valence-electron chi connectivity index (χ2n) is 7.11. The second-order valence-corrected chi connectivity index (χ2v) is 8.80. The van der Waals surface area contributed by atoms with Crippen molar-refractivity contribution in [3.63, 3.8) is 0 Å². The average Bonchev–Trinajstić information content (AvgIpc) is 2.74. The van der Waals surface area contributed by atoms with E-state index in [0.717, 1.165) is 19.3 Å². The van der Waals surface area contributed by atoms with Crippen molar-refractivity contribution in [2.75, 3.05) is 4.72 Å². The van der Waals surface area contributed by atoms with E-state index < -0.39 is 10.0 Å². The largest absolute Gasteiger partial charge is 0.345 e. The van der Waals surface area contributed by atoms with E-state index in [1.165, 1.54) is 23.3 Å². The van der Waals surface area contributed by atoms with E-state index in [1.54, 1.807) is 36.4 Å². The minimum absolute atomic E-state index is 0.0180. The van der Waals surface area contributed by atoms with Crippen molar-refractivity contribution in [1.82, 2.24) is 5.32 Å². The Kier molecular flexibility index (Phi) is 5.36. The number of fused-ring (bicyclic) bond motifs is 1. The highest BCUT2D eigenvalue weighted by Gasteiger charge is 2.22. The van der Waals surface area contributed by atoms with Gasteiger partial charge >= 0.3 is 0 Å². The van der Waals surface area contributed by atoms with Crippen LogP contribution in [0.25, 0.3) is 0 Å². The van der Waals surface area contributed by atoms with E-state index in [9.17, 15) is 13.2 Å². The molecule has 6 heteroatoms. The van der Waals surface area contributed by atoms with Gasteiger partial charge in [-0.2, -0.15) is 0 Å². The Hall–Kier alpha value is -3.12. The number of nitrogens with one attached hydrogen (secondary N) is 2. The summed E-state index contributed by atoms with van der Waals surface area (Å²) in [6.07, 6.45) is 2.96. The van der Waals surface area contributed by atoms with Crippen LogP contribution in [-0.2, 0) is 16.4 Å². The summed E-state index contributed by atoms with van der Waals surface area (Å²) in [6, 6.07) is 22.8. The standard InChI is InChI=1S/C23H22N2O3S/c26-23(24-22-12-6-8-17-7-4-5-11-21(17)22)18-13-15-20(16-14-18)29(27,28)25-19-9-2-1-3-10-19/h1-5,7,9-11,13-16,22,25H,6,8,12H2,(H,24,26). The van der Waals surface area contributed by atoms with E-state index in [-0.39, 0.29) is 16.8 Å². The Morgan fingerprint density at radius 2 is 1.55 bits per heavy atom. The fourth-order valence-corrected chi connectivity index (χ4v) is 4.71. The SMILES string of the molecule is O=C(NC1CCCc2ccccc21)c1ccc(S(=O)(=O)Nc2ccccc2)cc1. The van der Waals surface area contributed by atoms with Gasteiger partial charge in [-0.25, -0.2) is 8.42 Å². The Labute approximate surface area is 170 Å². The third-order valence-corrected chi connectivity index (χ3v) is 6.52. The number of carbonyl (C=O) groups excluding carboxylic acids is 1. The monoisotopic (exact) mass is 406 g/mol. The van der Waals surface area contributed by atoms with Gasteiger partial charge in [-0.3, -0.25) is 9.52 Å². The van der Waals surface area contributed by atoms with Crippen molar-refractivity contribution in [3.05, 3.63) is 95.6 Å². The summed E-state index contributed by atoms with van der Waals surface area (Å²) in [5.74, 6) is -0.202. The molecule has 0 spiro atoms. The molecule has 0 aliphatic heterocycles. The maximum absolute atomic E-state index is 12.7. The van der Waals surface area contributed by atoms with Gasteiger partial charge in [0.2, 0.25) is 0 Å². The smallest absolute Gasteiger partial charge is 0.261 e. The van der Waals surface area contributed by atoms with Crippen molar-refractivity contribution in [1.29, 1.82) is 0 Å². The van der Waals surface area contributed by atoms with Crippen LogP contribution in [0.5, 0.6) is 0 Å².